The number of aryl methyl sites for hydroxylation is 2. The summed E-state index contributed by atoms with van der Waals surface area (Å²) in [5.41, 5.74) is 2.78. The minimum atomic E-state index is -0.0798. The van der Waals surface area contributed by atoms with Crippen LogP contribution in [0.1, 0.15) is 17.5 Å². The van der Waals surface area contributed by atoms with Crippen molar-refractivity contribution in [1.29, 1.82) is 0 Å². The molecule has 1 aliphatic heterocycles. The summed E-state index contributed by atoms with van der Waals surface area (Å²) in [5.74, 6) is 0.708. The zero-order valence-corrected chi connectivity index (χ0v) is 10.3. The van der Waals surface area contributed by atoms with E-state index in [9.17, 15) is 4.79 Å². The lowest BCUT2D eigenvalue weighted by molar-refractivity contribution is -0.127. The fraction of sp³-hybridized carbons (Fsp3) is 0.500. The highest BCUT2D eigenvalue weighted by Gasteiger charge is 2.20. The van der Waals surface area contributed by atoms with Crippen molar-refractivity contribution in [3.05, 3.63) is 29.3 Å². The number of nitrogens with one attached hydrogen (secondary N) is 1. The van der Waals surface area contributed by atoms with E-state index in [-0.39, 0.29) is 18.6 Å². The molecule has 1 aromatic rings. The van der Waals surface area contributed by atoms with Gasteiger partial charge in [-0.1, -0.05) is 6.07 Å². The average Bonchev–Trinajstić information content (AvgIpc) is 2.78. The van der Waals surface area contributed by atoms with E-state index in [2.05, 4.69) is 17.4 Å². The van der Waals surface area contributed by atoms with Crippen LogP contribution in [0.25, 0.3) is 0 Å². The molecule has 0 saturated carbocycles. The molecule has 0 atom stereocenters. The Hall–Kier alpha value is -1.55. The zero-order chi connectivity index (χ0) is 12.4. The highest BCUT2D eigenvalue weighted by atomic mass is 16.5. The van der Waals surface area contributed by atoms with Crippen LogP contribution in [-0.4, -0.2) is 31.8 Å². The van der Waals surface area contributed by atoms with Gasteiger partial charge in [0.2, 0.25) is 0 Å². The van der Waals surface area contributed by atoms with Gasteiger partial charge >= 0.3 is 0 Å². The van der Waals surface area contributed by atoms with Crippen LogP contribution >= 0.6 is 0 Å². The van der Waals surface area contributed by atoms with Crippen LogP contribution in [-0.2, 0) is 22.4 Å². The summed E-state index contributed by atoms with van der Waals surface area (Å²) < 4.78 is 10.5. The summed E-state index contributed by atoms with van der Waals surface area (Å²) in [7, 11) is 0. The van der Waals surface area contributed by atoms with Crippen molar-refractivity contribution in [2.45, 2.75) is 25.3 Å². The number of benzene rings is 1. The number of hydrogen-bond acceptors (Lipinski definition) is 3. The second-order valence-corrected chi connectivity index (χ2v) is 4.87. The molecule has 96 valence electrons. The zero-order valence-electron chi connectivity index (χ0n) is 10.3. The van der Waals surface area contributed by atoms with Gasteiger partial charge in [0.25, 0.3) is 5.91 Å². The Morgan fingerprint density at radius 3 is 2.94 bits per heavy atom. The fourth-order valence-electron chi connectivity index (χ4n) is 2.38. The molecule has 1 aliphatic carbocycles. The molecule has 0 aromatic heterocycles. The molecule has 1 fully saturated rings. The summed E-state index contributed by atoms with van der Waals surface area (Å²) in [6.45, 7) is 1.31. The Balaban J connectivity index is 1.51. The third-order valence-electron chi connectivity index (χ3n) is 3.44. The van der Waals surface area contributed by atoms with Gasteiger partial charge in [0, 0.05) is 0 Å². The Morgan fingerprint density at radius 1 is 1.33 bits per heavy atom. The van der Waals surface area contributed by atoms with Crippen LogP contribution in [0.5, 0.6) is 5.75 Å². The lowest BCUT2D eigenvalue weighted by Gasteiger charge is -2.26. The molecule has 1 N–H and O–H groups in total. The lowest BCUT2D eigenvalue weighted by Crippen LogP contribution is -2.49. The van der Waals surface area contributed by atoms with E-state index in [0.29, 0.717) is 13.2 Å². The predicted octanol–water partition coefficient (Wildman–Crippen LogP) is 1.07. The molecule has 1 saturated heterocycles. The Kier molecular flexibility index (Phi) is 3.19. The van der Waals surface area contributed by atoms with Crippen LogP contribution in [0.15, 0.2) is 18.2 Å². The molecular formula is C14H17NO3. The molecule has 1 heterocycles. The van der Waals surface area contributed by atoms with Crippen LogP contribution in [0.4, 0.5) is 0 Å². The molecule has 1 aromatic carbocycles. The minimum absolute atomic E-state index is 0.0787. The molecule has 18 heavy (non-hydrogen) atoms. The molecule has 1 amide bonds. The second kappa shape index (κ2) is 4.98. The number of amides is 1. The maximum Gasteiger partial charge on any atom is 0.258 e. The fourth-order valence-corrected chi connectivity index (χ4v) is 2.38. The Bertz CT molecular complexity index is 454. The van der Waals surface area contributed by atoms with Crippen molar-refractivity contribution in [3.63, 3.8) is 0 Å². The van der Waals surface area contributed by atoms with Gasteiger partial charge in [-0.15, -0.1) is 0 Å². The summed E-state index contributed by atoms with van der Waals surface area (Å²) in [5, 5.41) is 2.85. The van der Waals surface area contributed by atoms with E-state index in [1.807, 2.05) is 6.07 Å². The van der Waals surface area contributed by atoms with Crippen molar-refractivity contribution < 1.29 is 14.3 Å². The van der Waals surface area contributed by atoms with Gasteiger partial charge in [0.15, 0.2) is 6.61 Å². The number of carbonyl (C=O) groups is 1. The third-order valence-corrected chi connectivity index (χ3v) is 3.44. The van der Waals surface area contributed by atoms with Gasteiger partial charge in [-0.25, -0.2) is 0 Å². The van der Waals surface area contributed by atoms with Gasteiger partial charge in [0.05, 0.1) is 19.3 Å². The van der Waals surface area contributed by atoms with E-state index in [1.165, 1.54) is 17.5 Å². The smallest absolute Gasteiger partial charge is 0.258 e. The number of hydrogen-bond donors (Lipinski definition) is 1. The van der Waals surface area contributed by atoms with Crippen molar-refractivity contribution in [2.24, 2.45) is 0 Å². The van der Waals surface area contributed by atoms with Gasteiger partial charge in [-0.3, -0.25) is 4.79 Å². The molecule has 2 aliphatic rings. The standard InChI is InChI=1S/C14H17NO3/c16-14(15-12-7-17-8-12)9-18-13-5-4-10-2-1-3-11(10)6-13/h4-6,12H,1-3,7-9H2,(H,15,16). The summed E-state index contributed by atoms with van der Waals surface area (Å²) >= 11 is 0. The SMILES string of the molecule is O=C(COc1ccc2c(c1)CCC2)NC1COC1. The summed E-state index contributed by atoms with van der Waals surface area (Å²) in [4.78, 5) is 11.6. The number of fused-ring (bicyclic) bond motifs is 1. The van der Waals surface area contributed by atoms with Crippen LogP contribution in [0.2, 0.25) is 0 Å². The highest BCUT2D eigenvalue weighted by molar-refractivity contribution is 5.78. The van der Waals surface area contributed by atoms with Crippen molar-refractivity contribution >= 4 is 5.91 Å². The topological polar surface area (TPSA) is 47.6 Å². The molecule has 4 nitrogen and oxygen atoms in total. The van der Waals surface area contributed by atoms with Crippen LogP contribution < -0.4 is 10.1 Å². The van der Waals surface area contributed by atoms with E-state index in [1.54, 1.807) is 0 Å². The third kappa shape index (κ3) is 2.48. The summed E-state index contributed by atoms with van der Waals surface area (Å²) in [6, 6.07) is 6.28. The molecule has 4 heteroatoms. The van der Waals surface area contributed by atoms with Gasteiger partial charge in [-0.2, -0.15) is 0 Å². The van der Waals surface area contributed by atoms with Gasteiger partial charge in [0.1, 0.15) is 5.75 Å². The summed E-state index contributed by atoms with van der Waals surface area (Å²) in [6.07, 6.45) is 3.51. The maximum absolute atomic E-state index is 11.6. The Labute approximate surface area is 106 Å². The molecule has 0 unspecified atom stereocenters. The molecule has 0 bridgehead atoms. The van der Waals surface area contributed by atoms with Crippen molar-refractivity contribution in [2.75, 3.05) is 19.8 Å². The lowest BCUT2D eigenvalue weighted by atomic mass is 10.1. The first kappa shape index (κ1) is 11.5. The number of ether oxygens (including phenoxy) is 2. The average molecular weight is 247 g/mol. The monoisotopic (exact) mass is 247 g/mol. The van der Waals surface area contributed by atoms with Crippen molar-refractivity contribution in [1.82, 2.24) is 5.32 Å². The van der Waals surface area contributed by atoms with Crippen LogP contribution in [0.3, 0.4) is 0 Å². The first-order chi connectivity index (χ1) is 8.81. The predicted molar refractivity (Wildman–Crippen MR) is 66.7 cm³/mol. The quantitative estimate of drug-likeness (QED) is 0.865. The molecule has 0 spiro atoms. The minimum Gasteiger partial charge on any atom is -0.484 e. The molecular weight excluding hydrogens is 230 g/mol. The number of rotatable bonds is 4. The second-order valence-electron chi connectivity index (χ2n) is 4.87. The first-order valence-electron chi connectivity index (χ1n) is 6.43. The highest BCUT2D eigenvalue weighted by Crippen LogP contribution is 2.25. The maximum atomic E-state index is 11.6. The van der Waals surface area contributed by atoms with E-state index < -0.39 is 0 Å². The van der Waals surface area contributed by atoms with Crippen molar-refractivity contribution in [3.8, 4) is 5.75 Å². The van der Waals surface area contributed by atoms with E-state index in [0.717, 1.165) is 18.6 Å². The van der Waals surface area contributed by atoms with E-state index >= 15 is 0 Å². The first-order valence-corrected chi connectivity index (χ1v) is 6.43. The number of carbonyl (C=O) groups excluding carboxylic acids is 1. The van der Waals surface area contributed by atoms with Gasteiger partial charge in [-0.05, 0) is 42.5 Å². The van der Waals surface area contributed by atoms with E-state index in [4.69, 9.17) is 9.47 Å². The Morgan fingerprint density at radius 2 is 2.17 bits per heavy atom. The molecule has 0 radical (unpaired) electrons. The normalized spacial score (nSPS) is 18.0. The van der Waals surface area contributed by atoms with Crippen LogP contribution in [0, 0.1) is 0 Å². The van der Waals surface area contributed by atoms with Gasteiger partial charge < -0.3 is 14.8 Å². The largest absolute Gasteiger partial charge is 0.484 e. The molecule has 3 rings (SSSR count).